The Morgan fingerprint density at radius 2 is 1.62 bits per heavy atom. The van der Waals surface area contributed by atoms with Crippen LogP contribution in [0.2, 0.25) is 5.02 Å². The predicted molar refractivity (Wildman–Crippen MR) is 210 cm³/mol. The van der Waals surface area contributed by atoms with E-state index in [1.807, 2.05) is 42.5 Å². The van der Waals surface area contributed by atoms with Gasteiger partial charge in [0, 0.05) is 47.2 Å². The Morgan fingerprint density at radius 3 is 2.35 bits per heavy atom. The number of rotatable bonds is 14. The lowest BCUT2D eigenvalue weighted by Crippen LogP contribution is -2.55. The maximum atomic E-state index is 14.2. The molecule has 7 rings (SSSR count). The van der Waals surface area contributed by atoms with Crippen LogP contribution in [0.15, 0.2) is 54.6 Å². The van der Waals surface area contributed by atoms with Gasteiger partial charge in [-0.1, -0.05) is 74.0 Å². The molecule has 1 spiro atoms. The molecule has 55 heavy (non-hydrogen) atoms. The summed E-state index contributed by atoms with van der Waals surface area (Å²) in [7, 11) is 0. The summed E-state index contributed by atoms with van der Waals surface area (Å²) in [5.41, 5.74) is 1.83. The highest BCUT2D eigenvalue weighted by Crippen LogP contribution is 2.38. The van der Waals surface area contributed by atoms with Crippen molar-refractivity contribution in [2.45, 2.75) is 133 Å². The number of halogens is 1. The molecular formula is C43H56ClN5O6. The third-order valence-electron chi connectivity index (χ3n) is 12.7. The van der Waals surface area contributed by atoms with Crippen molar-refractivity contribution in [2.24, 2.45) is 17.8 Å². The Bertz CT molecular complexity index is 1690. The van der Waals surface area contributed by atoms with Crippen LogP contribution in [-0.2, 0) is 30.3 Å². The number of carbonyl (C=O) groups excluding carboxylic acids is 5. The fourth-order valence-corrected chi connectivity index (χ4v) is 9.63. The SMILES string of the molecule is O=C(N[C@@H](CC1CCCCC1)C(=O)NC(CC1CC2(CCN(c3ccccc3)CC2)NC1=O)C(=O)C(=O)NC1CC1)OC1CCCC1Cc1cccc(Cl)c1. The van der Waals surface area contributed by atoms with E-state index in [9.17, 15) is 24.0 Å². The van der Waals surface area contributed by atoms with Crippen molar-refractivity contribution < 1.29 is 28.7 Å². The van der Waals surface area contributed by atoms with Gasteiger partial charge in [-0.15, -0.1) is 0 Å². The van der Waals surface area contributed by atoms with Gasteiger partial charge in [0.15, 0.2) is 0 Å². The number of piperidine rings is 1. The fourth-order valence-electron chi connectivity index (χ4n) is 9.42. The molecule has 5 atom stereocenters. The summed E-state index contributed by atoms with van der Waals surface area (Å²) in [5.74, 6) is -2.41. The number of ether oxygens (including phenoxy) is 1. The Hall–Kier alpha value is -4.12. The van der Waals surface area contributed by atoms with Crippen molar-refractivity contribution >= 4 is 46.9 Å². The summed E-state index contributed by atoms with van der Waals surface area (Å²) in [6.45, 7) is 1.57. The quantitative estimate of drug-likeness (QED) is 0.172. The van der Waals surface area contributed by atoms with E-state index in [-0.39, 0.29) is 36.3 Å². The normalized spacial score (nSPS) is 24.8. The van der Waals surface area contributed by atoms with Gasteiger partial charge < -0.3 is 30.9 Å². The first-order valence-electron chi connectivity index (χ1n) is 20.6. The van der Waals surface area contributed by atoms with Crippen LogP contribution >= 0.6 is 11.6 Å². The minimum atomic E-state index is -1.22. The van der Waals surface area contributed by atoms with E-state index in [4.69, 9.17) is 16.3 Å². The van der Waals surface area contributed by atoms with E-state index in [0.29, 0.717) is 17.9 Å². The van der Waals surface area contributed by atoms with Crippen molar-refractivity contribution in [3.63, 3.8) is 0 Å². The van der Waals surface area contributed by atoms with Gasteiger partial charge in [-0.05, 0) is 106 Å². The number of para-hydroxylation sites is 1. The lowest BCUT2D eigenvalue weighted by atomic mass is 9.81. The molecule has 0 radical (unpaired) electrons. The third kappa shape index (κ3) is 10.4. The van der Waals surface area contributed by atoms with Crippen LogP contribution < -0.4 is 26.2 Å². The molecule has 4 unspecified atom stereocenters. The predicted octanol–water partition coefficient (Wildman–Crippen LogP) is 6.01. The number of carbonyl (C=O) groups is 5. The summed E-state index contributed by atoms with van der Waals surface area (Å²) in [6, 6.07) is 15.7. The minimum Gasteiger partial charge on any atom is -0.446 e. The lowest BCUT2D eigenvalue weighted by molar-refractivity contribution is -0.141. The number of alkyl carbamates (subject to hydrolysis) is 1. The molecule has 2 aromatic rings. The van der Waals surface area contributed by atoms with Crippen LogP contribution in [0, 0.1) is 17.8 Å². The Labute approximate surface area is 329 Å². The second-order valence-electron chi connectivity index (χ2n) is 16.8. The molecule has 4 N–H and O–H groups in total. The number of hydrogen-bond donors (Lipinski definition) is 4. The molecule has 2 aromatic carbocycles. The molecular weight excluding hydrogens is 718 g/mol. The Balaban J connectivity index is 1.02. The first-order valence-corrected chi connectivity index (χ1v) is 21.0. The van der Waals surface area contributed by atoms with Crippen molar-refractivity contribution in [1.82, 2.24) is 21.3 Å². The van der Waals surface area contributed by atoms with E-state index in [1.54, 1.807) is 0 Å². The van der Waals surface area contributed by atoms with Gasteiger partial charge in [-0.25, -0.2) is 4.79 Å². The van der Waals surface area contributed by atoms with Gasteiger partial charge in [0.1, 0.15) is 12.1 Å². The monoisotopic (exact) mass is 773 g/mol. The summed E-state index contributed by atoms with van der Waals surface area (Å²) >= 11 is 6.23. The summed E-state index contributed by atoms with van der Waals surface area (Å²) < 4.78 is 6.01. The number of nitrogens with zero attached hydrogens (tertiary/aromatic N) is 1. The maximum Gasteiger partial charge on any atom is 0.408 e. The molecule has 4 amide bonds. The molecule has 12 heteroatoms. The van der Waals surface area contributed by atoms with Crippen LogP contribution in [0.25, 0.3) is 0 Å². The van der Waals surface area contributed by atoms with Crippen molar-refractivity contribution in [2.75, 3.05) is 18.0 Å². The molecule has 5 aliphatic rings. The summed E-state index contributed by atoms with van der Waals surface area (Å²) in [6.07, 6.45) is 11.6. The highest BCUT2D eigenvalue weighted by atomic mass is 35.5. The lowest BCUT2D eigenvalue weighted by Gasteiger charge is -2.40. The number of ketones is 1. The zero-order valence-electron chi connectivity index (χ0n) is 31.7. The molecule has 296 valence electrons. The zero-order chi connectivity index (χ0) is 38.4. The van der Waals surface area contributed by atoms with E-state index >= 15 is 0 Å². The van der Waals surface area contributed by atoms with Gasteiger partial charge in [0.25, 0.3) is 5.91 Å². The van der Waals surface area contributed by atoms with Crippen molar-refractivity contribution in [3.8, 4) is 0 Å². The van der Waals surface area contributed by atoms with Crippen LogP contribution in [0.4, 0.5) is 10.5 Å². The number of amides is 4. The molecule has 0 aromatic heterocycles. The Morgan fingerprint density at radius 1 is 0.855 bits per heavy atom. The largest absolute Gasteiger partial charge is 0.446 e. The molecule has 2 aliphatic heterocycles. The van der Waals surface area contributed by atoms with Gasteiger partial charge in [-0.3, -0.25) is 19.2 Å². The highest BCUT2D eigenvalue weighted by molar-refractivity contribution is 6.38. The molecule has 3 saturated carbocycles. The standard InChI is InChI=1S/C43H56ClN5O6/c44-32-13-7-11-29(24-32)23-30-12-8-16-37(30)55-42(54)47-36(25-28-9-3-1-4-10-28)40(52)46-35(38(50)41(53)45-33-17-18-33)26-31-27-43(48-39(31)51)19-21-49(22-20-43)34-14-5-2-6-15-34/h2,5-7,11,13-15,24,28,30-31,33,35-37H,1,3-4,8-10,12,16-23,25-27H2,(H,45,53)(H,46,52)(H,47,54)(H,48,51)/t30?,31?,35?,36-,37?/m0/s1. The molecule has 0 bridgehead atoms. The molecule has 11 nitrogen and oxygen atoms in total. The van der Waals surface area contributed by atoms with Crippen molar-refractivity contribution in [3.05, 3.63) is 65.2 Å². The van der Waals surface area contributed by atoms with Gasteiger partial charge in [0.2, 0.25) is 17.6 Å². The Kier molecular flexibility index (Phi) is 12.6. The first-order chi connectivity index (χ1) is 26.6. The number of hydrogen-bond acceptors (Lipinski definition) is 7. The van der Waals surface area contributed by atoms with E-state index in [1.165, 1.54) is 0 Å². The molecule has 2 saturated heterocycles. The smallest absolute Gasteiger partial charge is 0.408 e. The molecule has 3 aliphatic carbocycles. The minimum absolute atomic E-state index is 0.00644. The summed E-state index contributed by atoms with van der Waals surface area (Å²) in [4.78, 5) is 70.6. The number of benzene rings is 2. The van der Waals surface area contributed by atoms with Gasteiger partial charge in [-0.2, -0.15) is 0 Å². The topological polar surface area (TPSA) is 146 Å². The number of nitrogens with one attached hydrogen (secondary N) is 4. The second kappa shape index (κ2) is 17.8. The maximum absolute atomic E-state index is 14.2. The zero-order valence-corrected chi connectivity index (χ0v) is 32.5. The second-order valence-corrected chi connectivity index (χ2v) is 17.2. The summed E-state index contributed by atoms with van der Waals surface area (Å²) in [5, 5.41) is 12.4. The number of Topliss-reactive ketones (excluding diaryl/α,β-unsaturated/α-hetero) is 1. The van der Waals surface area contributed by atoms with E-state index in [2.05, 4.69) is 38.3 Å². The van der Waals surface area contributed by atoms with Gasteiger partial charge >= 0.3 is 6.09 Å². The fraction of sp³-hybridized carbons (Fsp3) is 0.605. The van der Waals surface area contributed by atoms with Crippen LogP contribution in [-0.4, -0.2) is 72.5 Å². The first kappa shape index (κ1) is 39.1. The van der Waals surface area contributed by atoms with E-state index in [0.717, 1.165) is 108 Å². The van der Waals surface area contributed by atoms with Gasteiger partial charge in [0.05, 0.1) is 6.04 Å². The van der Waals surface area contributed by atoms with Crippen LogP contribution in [0.3, 0.4) is 0 Å². The van der Waals surface area contributed by atoms with Crippen LogP contribution in [0.1, 0.15) is 102 Å². The molecule has 2 heterocycles. The van der Waals surface area contributed by atoms with Crippen molar-refractivity contribution in [1.29, 1.82) is 0 Å². The van der Waals surface area contributed by atoms with E-state index < -0.39 is 47.2 Å². The average molecular weight is 774 g/mol. The van der Waals surface area contributed by atoms with Crippen LogP contribution in [0.5, 0.6) is 0 Å². The molecule has 5 fully saturated rings. The highest BCUT2D eigenvalue weighted by Gasteiger charge is 2.48. The third-order valence-corrected chi connectivity index (χ3v) is 12.9. The number of anilines is 1. The average Bonchev–Trinajstić information content (AvgIpc) is 3.82.